The zero-order valence-electron chi connectivity index (χ0n) is 15.4. The van der Waals surface area contributed by atoms with Gasteiger partial charge in [-0.05, 0) is 40.5 Å². The highest BCUT2D eigenvalue weighted by Gasteiger charge is 2.31. The molecule has 1 atom stereocenters. The van der Waals surface area contributed by atoms with E-state index in [2.05, 4.69) is 43.4 Å². The van der Waals surface area contributed by atoms with E-state index in [-0.39, 0.29) is 11.7 Å². The fraction of sp³-hybridized carbons (Fsp3) is 0.941. The topological polar surface area (TPSA) is 38.8 Å². The van der Waals surface area contributed by atoms with Crippen molar-refractivity contribution in [2.75, 3.05) is 24.1 Å². The Balaban J connectivity index is 4.74. The number of halogens is 1. The number of carbonyl (C=O) groups excluding carboxylic acids is 1. The second kappa shape index (κ2) is 9.96. The van der Waals surface area contributed by atoms with E-state index < -0.39 is 5.60 Å². The Morgan fingerprint density at radius 3 is 2.05 bits per heavy atom. The number of nitrogens with zero attached hydrogens (tertiary/aromatic N) is 1. The van der Waals surface area contributed by atoms with Crippen molar-refractivity contribution in [3.63, 3.8) is 0 Å². The first-order chi connectivity index (χ1) is 10.1. The second-order valence-corrected chi connectivity index (χ2v) is 7.83. The van der Waals surface area contributed by atoms with Crippen LogP contribution in [0, 0.1) is 5.92 Å². The van der Waals surface area contributed by atoms with Crippen LogP contribution in [0.1, 0.15) is 61.3 Å². The van der Waals surface area contributed by atoms with Gasteiger partial charge in [0.2, 0.25) is 0 Å². The lowest BCUT2D eigenvalue weighted by Gasteiger charge is -2.35. The van der Waals surface area contributed by atoms with Crippen LogP contribution in [0.5, 0.6) is 0 Å². The molecule has 0 aromatic heterocycles. The predicted molar refractivity (Wildman–Crippen MR) is 101 cm³/mol. The van der Waals surface area contributed by atoms with Crippen molar-refractivity contribution in [2.24, 2.45) is 5.92 Å². The standard InChI is InChI=1S/C17H34INO3/c1-8-14(9-2)11-21-17(7,12-18)13-19(10-3)15(20)22-16(4,5)6/h14H,8-13H2,1-7H3. The first-order valence-electron chi connectivity index (χ1n) is 8.28. The summed E-state index contributed by atoms with van der Waals surface area (Å²) in [4.78, 5) is 14.0. The molecule has 0 bridgehead atoms. The van der Waals surface area contributed by atoms with E-state index in [1.807, 2.05) is 27.7 Å². The molecule has 0 aromatic carbocycles. The van der Waals surface area contributed by atoms with Crippen LogP contribution in [0.3, 0.4) is 0 Å². The fourth-order valence-corrected chi connectivity index (χ4v) is 2.47. The van der Waals surface area contributed by atoms with Crippen molar-refractivity contribution >= 4 is 28.7 Å². The minimum atomic E-state index is -0.471. The highest BCUT2D eigenvalue weighted by atomic mass is 127. The fourth-order valence-electron chi connectivity index (χ4n) is 2.01. The Bertz CT molecular complexity index is 326. The summed E-state index contributed by atoms with van der Waals surface area (Å²) in [5.41, 5.74) is -0.808. The molecule has 1 unspecified atom stereocenters. The minimum absolute atomic E-state index is 0.266. The summed E-state index contributed by atoms with van der Waals surface area (Å²) in [6.45, 7) is 16.0. The van der Waals surface area contributed by atoms with E-state index in [4.69, 9.17) is 9.47 Å². The van der Waals surface area contributed by atoms with Crippen molar-refractivity contribution < 1.29 is 14.3 Å². The van der Waals surface area contributed by atoms with Crippen LogP contribution in [0.25, 0.3) is 0 Å². The summed E-state index contributed by atoms with van der Waals surface area (Å²) in [6, 6.07) is 0. The molecular formula is C17H34INO3. The summed E-state index contributed by atoms with van der Waals surface area (Å²) < 4.78 is 12.5. The molecule has 132 valence electrons. The lowest BCUT2D eigenvalue weighted by Crippen LogP contribution is -2.48. The highest BCUT2D eigenvalue weighted by molar-refractivity contribution is 14.1. The highest BCUT2D eigenvalue weighted by Crippen LogP contribution is 2.21. The quantitative estimate of drug-likeness (QED) is 0.389. The Morgan fingerprint density at radius 2 is 1.68 bits per heavy atom. The smallest absolute Gasteiger partial charge is 0.410 e. The zero-order chi connectivity index (χ0) is 17.4. The third-order valence-corrected chi connectivity index (χ3v) is 5.28. The number of hydrogen-bond donors (Lipinski definition) is 0. The molecule has 0 aliphatic rings. The third kappa shape index (κ3) is 8.56. The van der Waals surface area contributed by atoms with Crippen molar-refractivity contribution in [3.8, 4) is 0 Å². The van der Waals surface area contributed by atoms with Gasteiger partial charge in [0.15, 0.2) is 0 Å². The van der Waals surface area contributed by atoms with E-state index in [0.717, 1.165) is 23.9 Å². The predicted octanol–water partition coefficient (Wildman–Crippen LogP) is 4.89. The van der Waals surface area contributed by atoms with Crippen molar-refractivity contribution in [1.29, 1.82) is 0 Å². The molecule has 0 aliphatic carbocycles. The number of ether oxygens (including phenoxy) is 2. The SMILES string of the molecule is CCC(CC)COC(C)(CI)CN(CC)C(=O)OC(C)(C)C. The van der Waals surface area contributed by atoms with E-state index in [9.17, 15) is 4.79 Å². The van der Waals surface area contributed by atoms with Crippen LogP contribution in [-0.2, 0) is 9.47 Å². The maximum Gasteiger partial charge on any atom is 0.410 e. The molecule has 0 N–H and O–H groups in total. The molecule has 0 rings (SSSR count). The van der Waals surface area contributed by atoms with E-state index >= 15 is 0 Å². The van der Waals surface area contributed by atoms with E-state index in [1.165, 1.54) is 0 Å². The minimum Gasteiger partial charge on any atom is -0.444 e. The molecule has 1 amide bonds. The van der Waals surface area contributed by atoms with Gasteiger partial charge in [-0.1, -0.05) is 49.3 Å². The average molecular weight is 427 g/mol. The maximum atomic E-state index is 12.3. The molecule has 22 heavy (non-hydrogen) atoms. The number of alkyl halides is 1. The number of carbonyl (C=O) groups is 1. The summed E-state index contributed by atoms with van der Waals surface area (Å²) in [6.07, 6.45) is 1.98. The van der Waals surface area contributed by atoms with Gasteiger partial charge in [0.25, 0.3) is 0 Å². The number of likely N-dealkylation sites (N-methyl/N-ethyl adjacent to an activating group) is 1. The summed E-state index contributed by atoms with van der Waals surface area (Å²) >= 11 is 2.33. The number of amides is 1. The van der Waals surface area contributed by atoms with Gasteiger partial charge in [-0.25, -0.2) is 4.79 Å². The Morgan fingerprint density at radius 1 is 1.14 bits per heavy atom. The molecule has 0 aliphatic heterocycles. The largest absolute Gasteiger partial charge is 0.444 e. The van der Waals surface area contributed by atoms with Gasteiger partial charge in [0.1, 0.15) is 5.60 Å². The normalized spacial score (nSPS) is 14.8. The van der Waals surface area contributed by atoms with Gasteiger partial charge in [0, 0.05) is 11.0 Å². The van der Waals surface area contributed by atoms with Crippen LogP contribution in [0.4, 0.5) is 4.79 Å². The molecule has 0 heterocycles. The number of hydrogen-bond acceptors (Lipinski definition) is 3. The first kappa shape index (κ1) is 22.0. The molecule has 0 saturated carbocycles. The Kier molecular flexibility index (Phi) is 9.94. The summed E-state index contributed by atoms with van der Waals surface area (Å²) in [5, 5.41) is 0. The van der Waals surface area contributed by atoms with Gasteiger partial charge in [-0.2, -0.15) is 0 Å². The number of rotatable bonds is 9. The van der Waals surface area contributed by atoms with Crippen LogP contribution in [0.2, 0.25) is 0 Å². The zero-order valence-corrected chi connectivity index (χ0v) is 17.5. The lowest BCUT2D eigenvalue weighted by atomic mass is 10.0. The van der Waals surface area contributed by atoms with E-state index in [0.29, 0.717) is 19.0 Å². The van der Waals surface area contributed by atoms with Crippen LogP contribution < -0.4 is 0 Å². The molecule has 0 spiro atoms. The third-order valence-electron chi connectivity index (χ3n) is 3.66. The van der Waals surface area contributed by atoms with Gasteiger partial charge in [-0.15, -0.1) is 0 Å². The summed E-state index contributed by atoms with van der Waals surface area (Å²) in [7, 11) is 0. The Hall–Kier alpha value is -0.0400. The average Bonchev–Trinajstić information content (AvgIpc) is 2.44. The Labute approximate surface area is 150 Å². The molecule has 0 aromatic rings. The molecule has 0 radical (unpaired) electrons. The van der Waals surface area contributed by atoms with Crippen molar-refractivity contribution in [3.05, 3.63) is 0 Å². The monoisotopic (exact) mass is 427 g/mol. The van der Waals surface area contributed by atoms with E-state index in [1.54, 1.807) is 4.90 Å². The van der Waals surface area contributed by atoms with Crippen molar-refractivity contribution in [1.82, 2.24) is 4.90 Å². The maximum absolute atomic E-state index is 12.3. The van der Waals surface area contributed by atoms with Gasteiger partial charge in [-0.3, -0.25) is 0 Å². The van der Waals surface area contributed by atoms with Crippen LogP contribution in [-0.4, -0.2) is 46.3 Å². The van der Waals surface area contributed by atoms with Gasteiger partial charge >= 0.3 is 6.09 Å². The van der Waals surface area contributed by atoms with Crippen LogP contribution >= 0.6 is 22.6 Å². The second-order valence-electron chi connectivity index (χ2n) is 7.07. The molecular weight excluding hydrogens is 393 g/mol. The summed E-state index contributed by atoms with van der Waals surface area (Å²) in [5.74, 6) is 0.582. The first-order valence-corrected chi connectivity index (χ1v) is 9.81. The van der Waals surface area contributed by atoms with Crippen LogP contribution in [0.15, 0.2) is 0 Å². The van der Waals surface area contributed by atoms with Gasteiger partial charge in [0.05, 0.1) is 18.8 Å². The molecule has 4 nitrogen and oxygen atoms in total. The molecule has 0 saturated heterocycles. The molecule has 0 fully saturated rings. The van der Waals surface area contributed by atoms with Crippen molar-refractivity contribution in [2.45, 2.75) is 72.5 Å². The lowest BCUT2D eigenvalue weighted by molar-refractivity contribution is -0.0543. The van der Waals surface area contributed by atoms with Gasteiger partial charge < -0.3 is 14.4 Å². The molecule has 5 heteroatoms.